The van der Waals surface area contributed by atoms with Crippen LogP contribution in [-0.4, -0.2) is 193 Å². The van der Waals surface area contributed by atoms with Gasteiger partial charge in [-0.2, -0.15) is 0 Å². The Morgan fingerprint density at radius 1 is 0.688 bits per heavy atom. The number of aldehydes is 1. The Morgan fingerprint density at radius 3 is 1.99 bits per heavy atom. The fraction of sp³-hybridized carbons (Fsp3) is 0.806. The van der Waals surface area contributed by atoms with Gasteiger partial charge in [-0.15, -0.1) is 0 Å². The Morgan fingerprint density at radius 2 is 1.32 bits per heavy atom. The summed E-state index contributed by atoms with van der Waals surface area (Å²) in [5.41, 5.74) is -5.16. The lowest BCUT2D eigenvalue weighted by atomic mass is 9.48. The van der Waals surface area contributed by atoms with Crippen LogP contribution >= 0.6 is 0 Å². The van der Waals surface area contributed by atoms with Gasteiger partial charge in [0.2, 0.25) is 11.3 Å². The molecule has 0 aromatic rings. The molecule has 6 saturated heterocycles. The summed E-state index contributed by atoms with van der Waals surface area (Å²) in [6.07, 6.45) is -3.77. The van der Waals surface area contributed by atoms with Crippen LogP contribution in [0, 0.1) is 68.8 Å². The highest BCUT2D eigenvalue weighted by Crippen LogP contribution is 2.60. The fourth-order valence-electron chi connectivity index (χ4n) is 17.3. The summed E-state index contributed by atoms with van der Waals surface area (Å²) in [5, 5.41) is 36.8. The molecule has 1 spiro atoms. The molecular weight excluding hydrogens is 1220 g/mol. The topological polar surface area (TPSA) is 335 Å². The number of ketones is 3. The van der Waals surface area contributed by atoms with Crippen LogP contribution in [0.15, 0.2) is 35.5 Å². The summed E-state index contributed by atoms with van der Waals surface area (Å²) in [6.45, 7) is 19.6. The first kappa shape index (κ1) is 70.8. The van der Waals surface area contributed by atoms with E-state index in [9.17, 15) is 44.3 Å². The fourth-order valence-corrected chi connectivity index (χ4v) is 17.3. The molecule has 1 amide bonds. The van der Waals surface area contributed by atoms with Crippen molar-refractivity contribution in [2.75, 3.05) is 14.2 Å². The van der Waals surface area contributed by atoms with Crippen LogP contribution in [0.4, 0.5) is 4.79 Å². The molecule has 4 aliphatic carbocycles. The van der Waals surface area contributed by atoms with Crippen molar-refractivity contribution < 1.29 is 110 Å². The van der Waals surface area contributed by atoms with Gasteiger partial charge in [-0.1, -0.05) is 57.6 Å². The van der Waals surface area contributed by atoms with Crippen LogP contribution in [0.1, 0.15) is 147 Å². The zero-order valence-electron chi connectivity index (χ0n) is 55.6. The zero-order valence-corrected chi connectivity index (χ0v) is 55.6. The van der Waals surface area contributed by atoms with Gasteiger partial charge >= 0.3 is 18.0 Å². The number of hydrogen-bond donors (Lipinski definition) is 3. The molecule has 6 aliphatic heterocycles. The molecule has 518 valence electrons. The number of alkyl carbamates (subject to hydrolysis) is 1. The summed E-state index contributed by atoms with van der Waals surface area (Å²) < 4.78 is 80.8. The summed E-state index contributed by atoms with van der Waals surface area (Å²) in [4.78, 5) is 112. The third-order valence-corrected chi connectivity index (χ3v) is 22.2. The summed E-state index contributed by atoms with van der Waals surface area (Å²) in [7, 11) is 2.44. The van der Waals surface area contributed by atoms with E-state index in [0.717, 1.165) is 7.11 Å². The molecule has 26 heteroatoms. The molecule has 30 atom stereocenters. The number of aliphatic hydroxyl groups excluding tert-OH is 2. The summed E-state index contributed by atoms with van der Waals surface area (Å²) >= 11 is 0. The monoisotopic (exact) mass is 1310 g/mol. The smallest absolute Gasteiger partial charge is 0.407 e. The first-order chi connectivity index (χ1) is 44.0. The third-order valence-electron chi connectivity index (χ3n) is 22.2. The average Bonchev–Trinajstić information content (AvgIpc) is 1.68. The van der Waals surface area contributed by atoms with Crippen LogP contribution in [0.2, 0.25) is 0 Å². The Bertz CT molecular complexity index is 2910. The molecule has 0 radical (unpaired) electrons. The van der Waals surface area contributed by atoms with E-state index in [1.165, 1.54) is 20.1 Å². The highest BCUT2D eigenvalue weighted by molar-refractivity contribution is 6.28. The zero-order chi connectivity index (χ0) is 67.5. The molecule has 0 aromatic heterocycles. The number of nitrogens with zero attached hydrogens (tertiary/aromatic N) is 1. The Balaban J connectivity index is 0.897. The van der Waals surface area contributed by atoms with E-state index in [1.807, 2.05) is 39.0 Å². The van der Waals surface area contributed by atoms with E-state index in [1.54, 1.807) is 41.5 Å². The molecule has 6 heterocycles. The maximum atomic E-state index is 16.2. The van der Waals surface area contributed by atoms with Gasteiger partial charge in [0, 0.05) is 85.0 Å². The molecule has 30 unspecified atom stereocenters. The third kappa shape index (κ3) is 13.7. The predicted molar refractivity (Wildman–Crippen MR) is 323 cm³/mol. The van der Waals surface area contributed by atoms with Gasteiger partial charge < -0.3 is 81.9 Å². The second kappa shape index (κ2) is 28.2. The summed E-state index contributed by atoms with van der Waals surface area (Å²) in [6, 6.07) is -1.13. The second-order valence-electron chi connectivity index (χ2n) is 28.5. The maximum absolute atomic E-state index is 16.2. The number of amides is 1. The molecule has 93 heavy (non-hydrogen) atoms. The van der Waals surface area contributed by atoms with Gasteiger partial charge in [0.15, 0.2) is 54.5 Å². The SMILES string of the molecule is COC(=O)NC1C(C)OC(OC2CC=C(C)C3C=CC4C(OC5CC(OC6CCC(OC7CC(O)C(OC8CCC(O)C(C)O8)C(C)O7)C(C)O6)C(C(=O)OC)C(C)O5)C(C)CC(C)C4C3(C)C(=O)C3C(=O)OC4(CC(C=O)CC(=O)C4=CC2C)C3=O)CC1(C)[N+](=O)[O-]. The van der Waals surface area contributed by atoms with E-state index in [-0.39, 0.29) is 55.9 Å². The molecule has 0 aromatic carbocycles. The number of ether oxygens (including phenoxy) is 13. The van der Waals surface area contributed by atoms with Gasteiger partial charge in [0.25, 0.3) is 0 Å². The van der Waals surface area contributed by atoms with Crippen LogP contribution in [-0.2, 0) is 90.3 Å². The number of carbonyl (C=O) groups is 7. The number of methoxy groups -OCH3 is 2. The largest absolute Gasteiger partial charge is 0.469 e. The lowest BCUT2D eigenvalue weighted by Crippen LogP contribution is -2.66. The van der Waals surface area contributed by atoms with E-state index in [4.69, 9.17) is 61.6 Å². The normalized spacial score (nSPS) is 47.1. The van der Waals surface area contributed by atoms with Crippen molar-refractivity contribution in [3.63, 3.8) is 0 Å². The number of aliphatic hydroxyl groups is 2. The number of carbonyl (C=O) groups excluding carboxylic acids is 7. The molecule has 10 rings (SSSR count). The lowest BCUT2D eigenvalue weighted by molar-refractivity contribution is -0.584. The van der Waals surface area contributed by atoms with Crippen molar-refractivity contribution >= 4 is 41.7 Å². The molecule has 8 fully saturated rings. The Hall–Kier alpha value is -4.97. The number of rotatable bonds is 14. The molecular formula is C67H96N2O24. The maximum Gasteiger partial charge on any atom is 0.407 e. The Kier molecular flexibility index (Phi) is 21.5. The van der Waals surface area contributed by atoms with Crippen LogP contribution in [0.3, 0.4) is 0 Å². The van der Waals surface area contributed by atoms with Crippen molar-refractivity contribution in [3.05, 3.63) is 45.6 Å². The van der Waals surface area contributed by atoms with Crippen LogP contribution in [0.5, 0.6) is 0 Å². The van der Waals surface area contributed by atoms with E-state index >= 15 is 9.59 Å². The van der Waals surface area contributed by atoms with E-state index in [2.05, 4.69) is 12.2 Å². The first-order valence-corrected chi connectivity index (χ1v) is 33.3. The van der Waals surface area contributed by atoms with Crippen molar-refractivity contribution in [1.82, 2.24) is 5.32 Å². The number of allylic oxidation sites excluding steroid dienone is 2. The van der Waals surface area contributed by atoms with Gasteiger partial charge in [-0.25, -0.2) is 4.79 Å². The first-order valence-electron chi connectivity index (χ1n) is 33.3. The number of nitro groups is 1. The summed E-state index contributed by atoms with van der Waals surface area (Å²) in [5.74, 6) is -10.9. The number of hydrogen-bond acceptors (Lipinski definition) is 24. The standard InChI is InChI=1S/C67H96N2O24/c1-30-14-18-46(88-53-28-65(10,69(79)80)59(38(9)87-53)68-64(78)82-13)31(2)23-42-44(72)24-39(29-70)27-67(42)61(75)55(63(77)93-67)60(74)66(11)41(30)16-15-40-56(66)32(3)22-33(4)57(40)92-52-26-48(54(36(7)85-52)62(76)81-12)90-49-21-19-47(35(6)84-49)89-51-25-45(73)58(37(8)86-51)91-50-20-17-43(71)34(5)83-50/h14-16,23,29,31-41,43,45-59,71,73H,17-22,24-28H2,1-13H3,(H,68,78). The lowest BCUT2D eigenvalue weighted by Gasteiger charge is -2.56. The minimum atomic E-state index is -2.30. The van der Waals surface area contributed by atoms with Crippen molar-refractivity contribution in [3.8, 4) is 0 Å². The van der Waals surface area contributed by atoms with E-state index < -0.39 is 209 Å². The average molecular weight is 1310 g/mol. The van der Waals surface area contributed by atoms with Crippen LogP contribution < -0.4 is 5.32 Å². The van der Waals surface area contributed by atoms with Gasteiger partial charge in [-0.05, 0) is 85.0 Å². The number of Topliss-reactive ketones (excluding diaryl/α,β-unsaturated/α-hetero) is 3. The van der Waals surface area contributed by atoms with Gasteiger partial charge in [0.1, 0.15) is 24.3 Å². The predicted octanol–water partition coefficient (Wildman–Crippen LogP) is 5.88. The molecule has 3 N–H and O–H groups in total. The van der Waals surface area contributed by atoms with Gasteiger partial charge in [-0.3, -0.25) is 34.1 Å². The van der Waals surface area contributed by atoms with Crippen molar-refractivity contribution in [2.45, 2.75) is 269 Å². The number of esters is 2. The molecule has 2 bridgehead atoms. The molecule has 2 saturated carbocycles. The minimum absolute atomic E-state index is 0.0721. The highest BCUT2D eigenvalue weighted by atomic mass is 16.7. The second-order valence-corrected chi connectivity index (χ2v) is 28.5. The quantitative estimate of drug-likeness (QED) is 0.0348. The molecule has 10 aliphatic rings. The number of nitrogens with one attached hydrogen (secondary N) is 1. The van der Waals surface area contributed by atoms with Crippen molar-refractivity contribution in [1.29, 1.82) is 0 Å². The highest BCUT2D eigenvalue weighted by Gasteiger charge is 2.68. The minimum Gasteiger partial charge on any atom is -0.469 e. The van der Waals surface area contributed by atoms with Gasteiger partial charge in [0.05, 0.1) is 87.8 Å². The van der Waals surface area contributed by atoms with E-state index in [0.29, 0.717) is 44.0 Å². The van der Waals surface area contributed by atoms with Crippen molar-refractivity contribution in [2.24, 2.45) is 58.7 Å². The van der Waals surface area contributed by atoms with Crippen LogP contribution in [0.25, 0.3) is 0 Å². The number of fused-ring (bicyclic) bond motifs is 4. The molecule has 26 nitrogen and oxygen atoms in total. The Labute approximate surface area is 542 Å².